The van der Waals surface area contributed by atoms with E-state index in [1.54, 1.807) is 30.3 Å². The molecule has 2 aromatic carbocycles. The van der Waals surface area contributed by atoms with Crippen molar-refractivity contribution in [2.75, 3.05) is 7.11 Å². The Balaban J connectivity index is 1.80. The molecule has 2 aromatic rings. The summed E-state index contributed by atoms with van der Waals surface area (Å²) in [5.41, 5.74) is 2.91. The quantitative estimate of drug-likeness (QED) is 0.346. The van der Waals surface area contributed by atoms with Crippen LogP contribution < -0.4 is 10.2 Å². The number of nitro groups is 1. The normalized spacial score (nSPS) is 15.0. The third-order valence-corrected chi connectivity index (χ3v) is 5.08. The van der Waals surface area contributed by atoms with Crippen LogP contribution in [0.4, 0.5) is 5.69 Å². The zero-order chi connectivity index (χ0) is 20.3. The molecule has 10 heteroatoms. The van der Waals surface area contributed by atoms with E-state index in [0.717, 1.165) is 16.8 Å². The molecular formula is C18H13N3O5S2. The number of carbonyl (C=O) groups excluding carboxylic acids is 2. The second-order valence-electron chi connectivity index (χ2n) is 5.50. The number of hydrogen-bond acceptors (Lipinski definition) is 7. The molecule has 0 aromatic heterocycles. The molecule has 1 saturated heterocycles. The fourth-order valence-electron chi connectivity index (χ4n) is 2.39. The number of nitrogens with zero attached hydrogens (tertiary/aromatic N) is 2. The number of carbonyl (C=O) groups is 2. The van der Waals surface area contributed by atoms with Gasteiger partial charge in [-0.2, -0.15) is 5.01 Å². The molecule has 1 heterocycles. The van der Waals surface area contributed by atoms with Gasteiger partial charge in [0.05, 0.1) is 22.5 Å². The van der Waals surface area contributed by atoms with Gasteiger partial charge in [0, 0.05) is 11.6 Å². The zero-order valence-electron chi connectivity index (χ0n) is 14.4. The number of amides is 2. The van der Waals surface area contributed by atoms with Gasteiger partial charge in [0.15, 0.2) is 4.32 Å². The van der Waals surface area contributed by atoms with Crippen molar-refractivity contribution in [3.8, 4) is 5.75 Å². The van der Waals surface area contributed by atoms with Crippen LogP contribution >= 0.6 is 24.0 Å². The van der Waals surface area contributed by atoms with E-state index < -0.39 is 16.7 Å². The predicted molar refractivity (Wildman–Crippen MR) is 109 cm³/mol. The Morgan fingerprint density at radius 3 is 2.57 bits per heavy atom. The third kappa shape index (κ3) is 4.02. The molecule has 1 aliphatic rings. The van der Waals surface area contributed by atoms with Crippen molar-refractivity contribution in [2.24, 2.45) is 0 Å². The third-order valence-electron chi connectivity index (χ3n) is 3.78. The molecule has 1 aliphatic heterocycles. The van der Waals surface area contributed by atoms with Crippen LogP contribution in [0.15, 0.2) is 53.4 Å². The Morgan fingerprint density at radius 1 is 1.25 bits per heavy atom. The molecule has 0 bridgehead atoms. The Labute approximate surface area is 169 Å². The Bertz CT molecular complexity index is 1000. The standard InChI is InChI=1S/C18H13N3O5S2/c1-26-13-8-6-11(7-9-13)16(22)19-20-17(23)15(28-18(20)27)10-12-4-2-3-5-14(12)21(24)25/h2-10H,1H3,(H,19,22). The van der Waals surface area contributed by atoms with Crippen molar-refractivity contribution < 1.29 is 19.2 Å². The van der Waals surface area contributed by atoms with Crippen LogP contribution in [-0.2, 0) is 4.79 Å². The molecule has 0 aliphatic carbocycles. The summed E-state index contributed by atoms with van der Waals surface area (Å²) in [5, 5.41) is 12.1. The molecular weight excluding hydrogens is 402 g/mol. The molecule has 3 rings (SSSR count). The Hall–Kier alpha value is -3.24. The summed E-state index contributed by atoms with van der Waals surface area (Å²) in [5.74, 6) is -0.490. The lowest BCUT2D eigenvalue weighted by Crippen LogP contribution is -2.44. The van der Waals surface area contributed by atoms with E-state index in [0.29, 0.717) is 11.3 Å². The van der Waals surface area contributed by atoms with Gasteiger partial charge >= 0.3 is 0 Å². The average molecular weight is 415 g/mol. The van der Waals surface area contributed by atoms with Gasteiger partial charge in [-0.1, -0.05) is 23.9 Å². The van der Waals surface area contributed by atoms with Gasteiger partial charge in [0.1, 0.15) is 5.75 Å². The SMILES string of the molecule is COc1ccc(C(=O)NN2C(=O)C(=Cc3ccccc3[N+](=O)[O-])SC2=S)cc1. The Kier molecular flexibility index (Phi) is 5.71. The van der Waals surface area contributed by atoms with E-state index in [9.17, 15) is 19.7 Å². The van der Waals surface area contributed by atoms with E-state index in [-0.39, 0.29) is 20.5 Å². The summed E-state index contributed by atoms with van der Waals surface area (Å²) in [6.07, 6.45) is 1.39. The highest BCUT2D eigenvalue weighted by atomic mass is 32.2. The Morgan fingerprint density at radius 2 is 1.93 bits per heavy atom. The molecule has 1 N–H and O–H groups in total. The fourth-order valence-corrected chi connectivity index (χ4v) is 3.56. The maximum atomic E-state index is 12.6. The van der Waals surface area contributed by atoms with Crippen LogP contribution in [0, 0.1) is 10.1 Å². The van der Waals surface area contributed by atoms with Gasteiger partial charge in [0.2, 0.25) is 0 Å². The number of para-hydroxylation sites is 1. The summed E-state index contributed by atoms with van der Waals surface area (Å²) >= 11 is 6.11. The summed E-state index contributed by atoms with van der Waals surface area (Å²) < 4.78 is 5.16. The van der Waals surface area contributed by atoms with Gasteiger partial charge in [-0.25, -0.2) is 0 Å². The monoisotopic (exact) mass is 415 g/mol. The van der Waals surface area contributed by atoms with E-state index in [2.05, 4.69) is 5.43 Å². The van der Waals surface area contributed by atoms with Gasteiger partial charge in [-0.05, 0) is 48.6 Å². The van der Waals surface area contributed by atoms with Gasteiger partial charge in [0.25, 0.3) is 17.5 Å². The van der Waals surface area contributed by atoms with Crippen molar-refractivity contribution in [1.82, 2.24) is 10.4 Å². The maximum absolute atomic E-state index is 12.6. The van der Waals surface area contributed by atoms with Crippen molar-refractivity contribution in [1.29, 1.82) is 0 Å². The number of hydrazine groups is 1. The number of nitro benzene ring substituents is 1. The van der Waals surface area contributed by atoms with Crippen molar-refractivity contribution in [3.05, 3.63) is 74.7 Å². The zero-order valence-corrected chi connectivity index (χ0v) is 16.1. The molecule has 142 valence electrons. The first-order chi connectivity index (χ1) is 13.4. The fraction of sp³-hybridized carbons (Fsp3) is 0.0556. The highest BCUT2D eigenvalue weighted by Gasteiger charge is 2.34. The van der Waals surface area contributed by atoms with Crippen LogP contribution in [0.25, 0.3) is 6.08 Å². The van der Waals surface area contributed by atoms with Crippen molar-refractivity contribution >= 4 is 51.9 Å². The highest BCUT2D eigenvalue weighted by Crippen LogP contribution is 2.33. The minimum absolute atomic E-state index is 0.122. The lowest BCUT2D eigenvalue weighted by atomic mass is 10.1. The van der Waals surface area contributed by atoms with Crippen LogP contribution in [0.2, 0.25) is 0 Å². The van der Waals surface area contributed by atoms with Crippen LogP contribution in [0.3, 0.4) is 0 Å². The average Bonchev–Trinajstić information content (AvgIpc) is 2.95. The number of nitrogens with one attached hydrogen (secondary N) is 1. The van der Waals surface area contributed by atoms with E-state index in [1.807, 2.05) is 0 Å². The molecule has 0 spiro atoms. The molecule has 0 unspecified atom stereocenters. The van der Waals surface area contributed by atoms with Gasteiger partial charge in [-0.15, -0.1) is 0 Å². The summed E-state index contributed by atoms with van der Waals surface area (Å²) in [6, 6.07) is 12.4. The molecule has 0 atom stereocenters. The second kappa shape index (κ2) is 8.19. The lowest BCUT2D eigenvalue weighted by Gasteiger charge is -2.15. The predicted octanol–water partition coefficient (Wildman–Crippen LogP) is 3.15. The van der Waals surface area contributed by atoms with Gasteiger partial charge in [-0.3, -0.25) is 25.1 Å². The van der Waals surface area contributed by atoms with Crippen LogP contribution in [-0.4, -0.2) is 33.2 Å². The molecule has 1 fully saturated rings. The number of benzene rings is 2. The highest BCUT2D eigenvalue weighted by molar-refractivity contribution is 8.26. The van der Waals surface area contributed by atoms with Crippen molar-refractivity contribution in [3.63, 3.8) is 0 Å². The second-order valence-corrected chi connectivity index (χ2v) is 7.18. The minimum atomic E-state index is -0.560. The first-order valence-corrected chi connectivity index (χ1v) is 9.09. The number of thiocarbonyl (C=S) groups is 1. The van der Waals surface area contributed by atoms with Crippen LogP contribution in [0.1, 0.15) is 15.9 Å². The minimum Gasteiger partial charge on any atom is -0.497 e. The largest absolute Gasteiger partial charge is 0.497 e. The van der Waals surface area contributed by atoms with Crippen LogP contribution in [0.5, 0.6) is 5.75 Å². The number of ether oxygens (including phenoxy) is 1. The number of methoxy groups -OCH3 is 1. The molecule has 8 nitrogen and oxygen atoms in total. The topological polar surface area (TPSA) is 102 Å². The molecule has 0 radical (unpaired) electrons. The number of rotatable bonds is 5. The molecule has 2 amide bonds. The number of thioether (sulfide) groups is 1. The molecule has 0 saturated carbocycles. The molecule has 28 heavy (non-hydrogen) atoms. The van der Waals surface area contributed by atoms with E-state index in [1.165, 1.54) is 31.4 Å². The van der Waals surface area contributed by atoms with E-state index >= 15 is 0 Å². The first-order valence-electron chi connectivity index (χ1n) is 7.87. The summed E-state index contributed by atoms with van der Waals surface area (Å²) in [4.78, 5) is 35.8. The smallest absolute Gasteiger partial charge is 0.285 e. The lowest BCUT2D eigenvalue weighted by molar-refractivity contribution is -0.385. The number of hydrogen-bond donors (Lipinski definition) is 1. The van der Waals surface area contributed by atoms with E-state index in [4.69, 9.17) is 17.0 Å². The summed E-state index contributed by atoms with van der Waals surface area (Å²) in [7, 11) is 1.51. The maximum Gasteiger partial charge on any atom is 0.285 e. The van der Waals surface area contributed by atoms with Gasteiger partial charge < -0.3 is 4.74 Å². The summed E-state index contributed by atoms with van der Waals surface area (Å²) in [6.45, 7) is 0. The first kappa shape index (κ1) is 19.5. The van der Waals surface area contributed by atoms with Crippen molar-refractivity contribution in [2.45, 2.75) is 0 Å².